The summed E-state index contributed by atoms with van der Waals surface area (Å²) in [6.45, 7) is 13.5. The fourth-order valence-electron chi connectivity index (χ4n) is 6.40. The van der Waals surface area contributed by atoms with Gasteiger partial charge >= 0.3 is 6.18 Å². The molecule has 0 saturated carbocycles. The largest absolute Gasteiger partial charge is 0.417 e. The molecule has 1 amide bonds. The van der Waals surface area contributed by atoms with Crippen LogP contribution in [0.5, 0.6) is 0 Å². The Morgan fingerprint density at radius 1 is 0.927 bits per heavy atom. The van der Waals surface area contributed by atoms with Crippen LogP contribution in [0.15, 0.2) is 42.6 Å². The smallest absolute Gasteiger partial charge is 0.371 e. The number of carbonyl (C=O) groups excluding carboxylic acids is 1. The first-order chi connectivity index (χ1) is 19.0. The minimum absolute atomic E-state index is 0. The molecule has 3 saturated heterocycles. The van der Waals surface area contributed by atoms with Crippen molar-refractivity contribution in [2.45, 2.75) is 71.5 Å². The fourth-order valence-corrected chi connectivity index (χ4v) is 6.40. The summed E-state index contributed by atoms with van der Waals surface area (Å²) in [5.74, 6) is 2.04. The molecular weight excluding hydrogens is 527 g/mol. The van der Waals surface area contributed by atoms with Crippen molar-refractivity contribution < 1.29 is 18.0 Å². The number of rotatable bonds is 7. The number of carbonyl (C=O) groups is 1. The Kier molecular flexibility index (Phi) is 9.56. The molecule has 0 radical (unpaired) electrons. The highest BCUT2D eigenvalue weighted by molar-refractivity contribution is 5.76. The van der Waals surface area contributed by atoms with Crippen LogP contribution in [0.4, 0.5) is 24.7 Å². The molecule has 3 aliphatic heterocycles. The van der Waals surface area contributed by atoms with Gasteiger partial charge in [0.1, 0.15) is 5.82 Å². The molecule has 1 N–H and O–H groups in total. The maximum absolute atomic E-state index is 12.8. The molecular formula is C32H46F3N5O. The summed E-state index contributed by atoms with van der Waals surface area (Å²) in [7, 11) is 0. The number of hydrogen-bond acceptors (Lipinski definition) is 5. The summed E-state index contributed by atoms with van der Waals surface area (Å²) >= 11 is 0. The molecule has 3 fully saturated rings. The molecule has 0 bridgehead atoms. The number of likely N-dealkylation sites (tertiary alicyclic amines) is 2. The molecule has 6 nitrogen and oxygen atoms in total. The molecule has 0 spiro atoms. The van der Waals surface area contributed by atoms with Crippen LogP contribution in [0.1, 0.15) is 65.0 Å². The number of fused-ring (bicyclic) bond motifs is 1. The van der Waals surface area contributed by atoms with Gasteiger partial charge in [-0.15, -0.1) is 0 Å². The molecule has 0 aliphatic carbocycles. The second-order valence-corrected chi connectivity index (χ2v) is 12.8. The highest BCUT2D eigenvalue weighted by Gasteiger charge is 2.40. The SMILES string of the molecule is C.CC(C)(C)c1ccc(N2CC3CN(CCCC(=O)N4CCC(Nc5ccc(C(F)(F)F)cn5)CC4)CC3C2)cc1. The number of nitrogens with one attached hydrogen (secondary N) is 1. The van der Waals surface area contributed by atoms with Gasteiger partial charge in [-0.3, -0.25) is 4.79 Å². The maximum atomic E-state index is 12.8. The topological polar surface area (TPSA) is 51.7 Å². The highest BCUT2D eigenvalue weighted by Crippen LogP contribution is 2.35. The number of aromatic nitrogens is 1. The third-order valence-electron chi connectivity index (χ3n) is 8.82. The van der Waals surface area contributed by atoms with Gasteiger partial charge in [0, 0.05) is 63.6 Å². The van der Waals surface area contributed by atoms with Gasteiger partial charge in [0.2, 0.25) is 5.91 Å². The lowest BCUT2D eigenvalue weighted by atomic mass is 9.87. The Hall–Kier alpha value is -2.81. The van der Waals surface area contributed by atoms with Crippen LogP contribution in [-0.2, 0) is 16.4 Å². The number of amides is 1. The number of piperidine rings is 1. The number of halogens is 3. The van der Waals surface area contributed by atoms with E-state index in [2.05, 4.69) is 65.1 Å². The molecule has 41 heavy (non-hydrogen) atoms. The zero-order valence-electron chi connectivity index (χ0n) is 23.9. The number of nitrogens with zero attached hydrogens (tertiary/aromatic N) is 4. The van der Waals surface area contributed by atoms with Crippen molar-refractivity contribution in [3.8, 4) is 0 Å². The molecule has 2 unspecified atom stereocenters. The maximum Gasteiger partial charge on any atom is 0.417 e. The molecule has 2 aromatic rings. The lowest BCUT2D eigenvalue weighted by molar-refractivity contribution is -0.137. The van der Waals surface area contributed by atoms with Crippen LogP contribution >= 0.6 is 0 Å². The van der Waals surface area contributed by atoms with Crippen molar-refractivity contribution in [1.82, 2.24) is 14.8 Å². The molecule has 2 atom stereocenters. The van der Waals surface area contributed by atoms with Crippen molar-refractivity contribution in [2.24, 2.45) is 11.8 Å². The molecule has 4 heterocycles. The highest BCUT2D eigenvalue weighted by atomic mass is 19.4. The number of hydrogen-bond donors (Lipinski definition) is 1. The van der Waals surface area contributed by atoms with E-state index in [1.54, 1.807) is 0 Å². The normalized spacial score (nSPS) is 22.0. The van der Waals surface area contributed by atoms with Gasteiger partial charge in [-0.1, -0.05) is 40.3 Å². The van der Waals surface area contributed by atoms with E-state index < -0.39 is 11.7 Å². The van der Waals surface area contributed by atoms with Gasteiger partial charge in [-0.25, -0.2) is 4.98 Å². The zero-order chi connectivity index (χ0) is 28.5. The van der Waals surface area contributed by atoms with Gasteiger partial charge in [-0.05, 0) is 72.9 Å². The molecule has 3 aliphatic rings. The van der Waals surface area contributed by atoms with Crippen molar-refractivity contribution in [1.29, 1.82) is 0 Å². The average Bonchev–Trinajstić information content (AvgIpc) is 3.48. The van der Waals surface area contributed by atoms with Crippen LogP contribution in [-0.4, -0.2) is 72.5 Å². The van der Waals surface area contributed by atoms with Gasteiger partial charge in [0.15, 0.2) is 0 Å². The van der Waals surface area contributed by atoms with Gasteiger partial charge in [0.05, 0.1) is 5.56 Å². The Balaban J connectivity index is 0.00000387. The lowest BCUT2D eigenvalue weighted by Crippen LogP contribution is -2.42. The molecule has 1 aromatic carbocycles. The predicted molar refractivity (Wildman–Crippen MR) is 159 cm³/mol. The van der Waals surface area contributed by atoms with E-state index in [1.165, 1.54) is 17.3 Å². The van der Waals surface area contributed by atoms with E-state index >= 15 is 0 Å². The minimum atomic E-state index is -4.38. The molecule has 226 valence electrons. The average molecular weight is 574 g/mol. The van der Waals surface area contributed by atoms with Gasteiger partial charge < -0.3 is 20.0 Å². The van der Waals surface area contributed by atoms with E-state index in [1.807, 2.05) is 4.90 Å². The van der Waals surface area contributed by atoms with Crippen LogP contribution in [0, 0.1) is 11.8 Å². The van der Waals surface area contributed by atoms with Crippen molar-refractivity contribution in [2.75, 3.05) is 56.0 Å². The molecule has 9 heteroatoms. The monoisotopic (exact) mass is 573 g/mol. The number of pyridine rings is 1. The number of anilines is 2. The predicted octanol–water partition coefficient (Wildman–Crippen LogP) is 6.29. The Bertz CT molecular complexity index is 1120. The van der Waals surface area contributed by atoms with Gasteiger partial charge in [-0.2, -0.15) is 13.2 Å². The summed E-state index contributed by atoms with van der Waals surface area (Å²) in [4.78, 5) is 23.7. The molecule has 1 aromatic heterocycles. The van der Waals surface area contributed by atoms with Crippen LogP contribution < -0.4 is 10.2 Å². The number of alkyl halides is 3. The van der Waals surface area contributed by atoms with Crippen LogP contribution in [0.3, 0.4) is 0 Å². The lowest BCUT2D eigenvalue weighted by Gasteiger charge is -2.33. The summed E-state index contributed by atoms with van der Waals surface area (Å²) in [6.07, 6.45) is -0.555. The Morgan fingerprint density at radius 2 is 1.54 bits per heavy atom. The van der Waals surface area contributed by atoms with Crippen LogP contribution in [0.25, 0.3) is 0 Å². The summed E-state index contributed by atoms with van der Waals surface area (Å²) in [5, 5.41) is 3.21. The summed E-state index contributed by atoms with van der Waals surface area (Å²) < 4.78 is 38.2. The van der Waals surface area contributed by atoms with Crippen molar-refractivity contribution in [3.05, 3.63) is 53.7 Å². The third-order valence-corrected chi connectivity index (χ3v) is 8.82. The first-order valence-corrected chi connectivity index (χ1v) is 14.6. The molecule has 5 rings (SSSR count). The van der Waals surface area contributed by atoms with Crippen molar-refractivity contribution >= 4 is 17.4 Å². The second-order valence-electron chi connectivity index (χ2n) is 12.8. The first-order valence-electron chi connectivity index (χ1n) is 14.6. The zero-order valence-corrected chi connectivity index (χ0v) is 23.9. The van der Waals surface area contributed by atoms with E-state index in [9.17, 15) is 18.0 Å². The van der Waals surface area contributed by atoms with Crippen molar-refractivity contribution in [3.63, 3.8) is 0 Å². The van der Waals surface area contributed by atoms with E-state index in [4.69, 9.17) is 0 Å². The van der Waals surface area contributed by atoms with E-state index in [0.717, 1.165) is 64.2 Å². The summed E-state index contributed by atoms with van der Waals surface area (Å²) in [5.41, 5.74) is 2.12. The second kappa shape index (κ2) is 12.6. The minimum Gasteiger partial charge on any atom is -0.371 e. The number of benzene rings is 1. The van der Waals surface area contributed by atoms with E-state index in [0.29, 0.717) is 37.2 Å². The van der Waals surface area contributed by atoms with E-state index in [-0.39, 0.29) is 24.8 Å². The van der Waals surface area contributed by atoms with Gasteiger partial charge in [0.25, 0.3) is 0 Å². The Morgan fingerprint density at radius 3 is 2.07 bits per heavy atom. The first kappa shape index (κ1) is 31.1. The Labute approximate surface area is 243 Å². The fraction of sp³-hybridized carbons (Fsp3) is 0.625. The quantitative estimate of drug-likeness (QED) is 0.422. The third kappa shape index (κ3) is 7.73. The van der Waals surface area contributed by atoms with Crippen LogP contribution in [0.2, 0.25) is 0 Å². The summed E-state index contributed by atoms with van der Waals surface area (Å²) in [6, 6.07) is 11.6. The standard InChI is InChI=1S/C31H42F3N5O.CH4/c1-30(2,3)24-6-9-27(10-7-24)39-20-22-18-37(19-23(22)21-39)14-4-5-29(40)38-15-12-26(13-16-38)36-28-11-8-25(17-35-28)31(32,33)34;/h6-11,17,22-23,26H,4-5,12-16,18-21H2,1-3H3,(H,35,36);1H4.